The van der Waals surface area contributed by atoms with E-state index >= 15 is 0 Å². The van der Waals surface area contributed by atoms with Gasteiger partial charge in [-0.25, -0.2) is 0 Å². The van der Waals surface area contributed by atoms with Crippen molar-refractivity contribution in [3.63, 3.8) is 0 Å². The quantitative estimate of drug-likeness (QED) is 0.774. The molecule has 1 aliphatic rings. The van der Waals surface area contributed by atoms with Crippen molar-refractivity contribution >= 4 is 0 Å². The average Bonchev–Trinajstić information content (AvgIpc) is 2.95. The topological polar surface area (TPSA) is 26.0 Å². The van der Waals surface area contributed by atoms with Crippen molar-refractivity contribution in [2.45, 2.75) is 38.1 Å². The van der Waals surface area contributed by atoms with Crippen molar-refractivity contribution in [3.05, 3.63) is 35.9 Å². The summed E-state index contributed by atoms with van der Waals surface area (Å²) in [6.45, 7) is 2.10. The van der Waals surface area contributed by atoms with Crippen molar-refractivity contribution in [1.82, 2.24) is 0 Å². The second-order valence-corrected chi connectivity index (χ2v) is 4.57. The number of benzene rings is 1. The summed E-state index contributed by atoms with van der Waals surface area (Å²) in [7, 11) is 0. The maximum absolute atomic E-state index is 5.75. The van der Waals surface area contributed by atoms with E-state index in [0.29, 0.717) is 6.04 Å². The van der Waals surface area contributed by atoms with Gasteiger partial charge in [-0.15, -0.1) is 0 Å². The van der Waals surface area contributed by atoms with Crippen LogP contribution in [-0.4, -0.2) is 6.04 Å². The van der Waals surface area contributed by atoms with E-state index in [1.54, 1.807) is 0 Å². The molecule has 2 rings (SSSR count). The Morgan fingerprint density at radius 2 is 2.07 bits per heavy atom. The molecule has 0 radical (unpaired) electrons. The second-order valence-electron chi connectivity index (χ2n) is 4.57. The van der Waals surface area contributed by atoms with Crippen molar-refractivity contribution in [2.75, 3.05) is 0 Å². The molecule has 0 heterocycles. The van der Waals surface area contributed by atoms with Crippen LogP contribution in [0.25, 0.3) is 0 Å². The van der Waals surface area contributed by atoms with E-state index < -0.39 is 0 Å². The molecule has 1 aromatic rings. The molecule has 0 bridgehead atoms. The molecule has 3 atom stereocenters. The van der Waals surface area contributed by atoms with Crippen LogP contribution >= 0.6 is 0 Å². The molecule has 1 aromatic carbocycles. The highest BCUT2D eigenvalue weighted by atomic mass is 14.6. The summed E-state index contributed by atoms with van der Waals surface area (Å²) in [5.74, 6) is 1.73. The van der Waals surface area contributed by atoms with Crippen LogP contribution in [0.15, 0.2) is 30.3 Å². The van der Waals surface area contributed by atoms with Gasteiger partial charge in [0, 0.05) is 6.04 Å². The first-order valence-corrected chi connectivity index (χ1v) is 5.58. The third-order valence-electron chi connectivity index (χ3n) is 3.14. The first-order valence-electron chi connectivity index (χ1n) is 5.58. The van der Waals surface area contributed by atoms with Crippen LogP contribution in [0.1, 0.15) is 37.7 Å². The van der Waals surface area contributed by atoms with Gasteiger partial charge in [-0.2, -0.15) is 0 Å². The second kappa shape index (κ2) is 4.14. The minimum absolute atomic E-state index is 0.368. The zero-order valence-corrected chi connectivity index (χ0v) is 8.82. The summed E-state index contributed by atoms with van der Waals surface area (Å²) in [6, 6.07) is 11.2. The standard InChI is InChI=1S/C13H19N/c1-10(14)7-8-12-9-13(12)11-5-3-2-4-6-11/h2-6,10,12-13H,7-9,14H2,1H3/t10?,12-,13+/m0/s1. The minimum atomic E-state index is 0.368. The van der Waals surface area contributed by atoms with Gasteiger partial charge in [0.25, 0.3) is 0 Å². The van der Waals surface area contributed by atoms with Crippen LogP contribution in [0.3, 0.4) is 0 Å². The molecule has 1 heteroatoms. The lowest BCUT2D eigenvalue weighted by molar-refractivity contribution is 0.578. The Kier molecular flexibility index (Phi) is 2.87. The number of hydrogen-bond acceptors (Lipinski definition) is 1. The summed E-state index contributed by atoms with van der Waals surface area (Å²) in [4.78, 5) is 0. The maximum atomic E-state index is 5.75. The highest BCUT2D eigenvalue weighted by Crippen LogP contribution is 2.50. The molecule has 76 valence electrons. The van der Waals surface area contributed by atoms with Crippen LogP contribution in [-0.2, 0) is 0 Å². The van der Waals surface area contributed by atoms with Gasteiger partial charge in [0.1, 0.15) is 0 Å². The Balaban J connectivity index is 1.82. The molecule has 1 unspecified atom stereocenters. The van der Waals surface area contributed by atoms with Crippen LogP contribution in [0.4, 0.5) is 0 Å². The molecular formula is C13H19N. The SMILES string of the molecule is CC(N)CC[C@H]1C[C@@H]1c1ccccc1. The van der Waals surface area contributed by atoms with Crippen molar-refractivity contribution in [2.24, 2.45) is 11.7 Å². The van der Waals surface area contributed by atoms with E-state index in [0.717, 1.165) is 11.8 Å². The smallest absolute Gasteiger partial charge is 0.00105 e. The summed E-state index contributed by atoms with van der Waals surface area (Å²) >= 11 is 0. The predicted molar refractivity (Wildman–Crippen MR) is 60.2 cm³/mol. The van der Waals surface area contributed by atoms with Gasteiger partial charge in [0.2, 0.25) is 0 Å². The van der Waals surface area contributed by atoms with Crippen molar-refractivity contribution in [3.8, 4) is 0 Å². The van der Waals surface area contributed by atoms with E-state index in [9.17, 15) is 0 Å². The molecule has 1 aliphatic carbocycles. The summed E-state index contributed by atoms with van der Waals surface area (Å²) in [5.41, 5.74) is 7.27. The third-order valence-corrected chi connectivity index (χ3v) is 3.14. The molecular weight excluding hydrogens is 170 g/mol. The lowest BCUT2D eigenvalue weighted by atomic mass is 10.1. The molecule has 0 spiro atoms. The average molecular weight is 189 g/mol. The Hall–Kier alpha value is -0.820. The van der Waals surface area contributed by atoms with Gasteiger partial charge in [-0.05, 0) is 43.6 Å². The molecule has 0 saturated heterocycles. The number of nitrogens with two attached hydrogens (primary N) is 1. The first-order chi connectivity index (χ1) is 6.77. The fourth-order valence-corrected chi connectivity index (χ4v) is 2.15. The summed E-state index contributed by atoms with van der Waals surface area (Å²) < 4.78 is 0. The van der Waals surface area contributed by atoms with E-state index in [-0.39, 0.29) is 0 Å². The number of hydrogen-bond donors (Lipinski definition) is 1. The molecule has 14 heavy (non-hydrogen) atoms. The molecule has 0 aromatic heterocycles. The molecule has 1 nitrogen and oxygen atoms in total. The zero-order valence-electron chi connectivity index (χ0n) is 8.82. The Labute approximate surface area is 86.3 Å². The molecule has 0 amide bonds. The minimum Gasteiger partial charge on any atom is -0.328 e. The van der Waals surface area contributed by atoms with Gasteiger partial charge < -0.3 is 5.73 Å². The molecule has 1 saturated carbocycles. The predicted octanol–water partition coefficient (Wildman–Crippen LogP) is 2.92. The monoisotopic (exact) mass is 189 g/mol. The van der Waals surface area contributed by atoms with Crippen LogP contribution in [0.5, 0.6) is 0 Å². The van der Waals surface area contributed by atoms with E-state index in [1.165, 1.54) is 24.8 Å². The third kappa shape index (κ3) is 2.36. The lowest BCUT2D eigenvalue weighted by Crippen LogP contribution is -2.14. The molecule has 2 N–H and O–H groups in total. The van der Waals surface area contributed by atoms with Crippen molar-refractivity contribution in [1.29, 1.82) is 0 Å². The normalized spacial score (nSPS) is 27.3. The molecule has 0 aliphatic heterocycles. The van der Waals surface area contributed by atoms with Gasteiger partial charge in [0.15, 0.2) is 0 Å². The summed E-state index contributed by atoms with van der Waals surface area (Å²) in [6.07, 6.45) is 3.85. The van der Waals surface area contributed by atoms with Crippen LogP contribution < -0.4 is 5.73 Å². The highest BCUT2D eigenvalue weighted by molar-refractivity contribution is 5.25. The van der Waals surface area contributed by atoms with Crippen molar-refractivity contribution < 1.29 is 0 Å². The van der Waals surface area contributed by atoms with Gasteiger partial charge >= 0.3 is 0 Å². The van der Waals surface area contributed by atoms with Gasteiger partial charge in [-0.3, -0.25) is 0 Å². The van der Waals surface area contributed by atoms with Crippen LogP contribution in [0.2, 0.25) is 0 Å². The lowest BCUT2D eigenvalue weighted by Gasteiger charge is -2.03. The van der Waals surface area contributed by atoms with E-state index in [4.69, 9.17) is 5.73 Å². The van der Waals surface area contributed by atoms with Gasteiger partial charge in [-0.1, -0.05) is 30.3 Å². The highest BCUT2D eigenvalue weighted by Gasteiger charge is 2.37. The molecule has 1 fully saturated rings. The number of rotatable bonds is 4. The largest absolute Gasteiger partial charge is 0.328 e. The first kappa shape index (κ1) is 9.72. The van der Waals surface area contributed by atoms with Crippen LogP contribution in [0, 0.1) is 5.92 Å². The summed E-state index contributed by atoms with van der Waals surface area (Å²) in [5, 5.41) is 0. The maximum Gasteiger partial charge on any atom is 0.00105 e. The Morgan fingerprint density at radius 3 is 2.71 bits per heavy atom. The van der Waals surface area contributed by atoms with E-state index in [1.807, 2.05) is 0 Å². The Bertz CT molecular complexity index is 279. The fraction of sp³-hybridized carbons (Fsp3) is 0.538. The van der Waals surface area contributed by atoms with E-state index in [2.05, 4.69) is 37.3 Å². The Morgan fingerprint density at radius 1 is 1.36 bits per heavy atom. The fourth-order valence-electron chi connectivity index (χ4n) is 2.15. The van der Waals surface area contributed by atoms with Gasteiger partial charge in [0.05, 0.1) is 0 Å². The zero-order chi connectivity index (χ0) is 9.97.